The fourth-order valence-electron chi connectivity index (χ4n) is 2.49. The molecular weight excluding hydrogens is 420 g/mol. The molecule has 30 heavy (non-hydrogen) atoms. The maximum atomic E-state index is 12.7. The van der Waals surface area contributed by atoms with Crippen LogP contribution in [-0.4, -0.2) is 14.9 Å². The molecule has 158 valence electrons. The van der Waals surface area contributed by atoms with Crippen LogP contribution in [0.4, 0.5) is 32.0 Å². The Bertz CT molecular complexity index is 1060. The molecular formula is C18H11F6N3O3. The molecule has 0 saturated heterocycles. The highest BCUT2D eigenvalue weighted by Gasteiger charge is 2.33. The van der Waals surface area contributed by atoms with E-state index >= 15 is 0 Å². The van der Waals surface area contributed by atoms with E-state index in [0.29, 0.717) is 11.8 Å². The standard InChI is InChI=1S/C18H11F6N3O3/c19-17(20,21)12-4-1-10(2-5-12)9-30-14-6-3-11(7-13(14)27(28)29)16-25-8-15(26-16)18(22,23)24/h1-8H,9H2,(H,25,26). The number of aromatic nitrogens is 2. The SMILES string of the molecule is O=[N+]([O-])c1cc(-c2ncc(C(F)(F)F)[nH]2)ccc1OCc1ccc(C(F)(F)F)cc1. The summed E-state index contributed by atoms with van der Waals surface area (Å²) in [7, 11) is 0. The Morgan fingerprint density at radius 3 is 2.20 bits per heavy atom. The zero-order valence-corrected chi connectivity index (χ0v) is 14.7. The van der Waals surface area contributed by atoms with Crippen molar-refractivity contribution in [1.82, 2.24) is 9.97 Å². The Morgan fingerprint density at radius 2 is 1.67 bits per heavy atom. The normalized spacial score (nSPS) is 12.1. The lowest BCUT2D eigenvalue weighted by atomic mass is 10.1. The van der Waals surface area contributed by atoms with Gasteiger partial charge in [-0.05, 0) is 29.8 Å². The van der Waals surface area contributed by atoms with Crippen LogP contribution in [0, 0.1) is 10.1 Å². The lowest BCUT2D eigenvalue weighted by Crippen LogP contribution is -2.05. The van der Waals surface area contributed by atoms with Gasteiger partial charge in [0.2, 0.25) is 0 Å². The van der Waals surface area contributed by atoms with Crippen molar-refractivity contribution in [2.75, 3.05) is 0 Å². The number of halogens is 6. The molecule has 0 aliphatic heterocycles. The van der Waals surface area contributed by atoms with E-state index in [1.54, 1.807) is 0 Å². The Morgan fingerprint density at radius 1 is 1.00 bits per heavy atom. The summed E-state index contributed by atoms with van der Waals surface area (Å²) in [6, 6.07) is 7.48. The fraction of sp³-hybridized carbons (Fsp3) is 0.167. The monoisotopic (exact) mass is 431 g/mol. The van der Waals surface area contributed by atoms with Crippen molar-refractivity contribution < 1.29 is 36.0 Å². The number of alkyl halides is 6. The molecule has 0 amide bonds. The van der Waals surface area contributed by atoms with Gasteiger partial charge in [-0.2, -0.15) is 26.3 Å². The molecule has 1 heterocycles. The number of nitro groups is 1. The summed E-state index contributed by atoms with van der Waals surface area (Å²) in [4.78, 5) is 16.1. The van der Waals surface area contributed by atoms with Gasteiger partial charge in [0, 0.05) is 11.6 Å². The third kappa shape index (κ3) is 4.70. The Hall–Kier alpha value is -3.57. The number of hydrogen-bond acceptors (Lipinski definition) is 4. The van der Waals surface area contributed by atoms with E-state index in [4.69, 9.17) is 4.74 Å². The van der Waals surface area contributed by atoms with Crippen molar-refractivity contribution in [2.45, 2.75) is 19.0 Å². The minimum absolute atomic E-state index is 0.0269. The van der Waals surface area contributed by atoms with Gasteiger partial charge in [-0.15, -0.1) is 0 Å². The first-order valence-corrected chi connectivity index (χ1v) is 8.15. The third-order valence-corrected chi connectivity index (χ3v) is 3.99. The van der Waals surface area contributed by atoms with Gasteiger partial charge in [-0.3, -0.25) is 10.1 Å². The lowest BCUT2D eigenvalue weighted by Gasteiger charge is -2.10. The zero-order chi connectivity index (χ0) is 22.1. The molecule has 0 radical (unpaired) electrons. The number of nitro benzene ring substituents is 1. The average molecular weight is 431 g/mol. The lowest BCUT2D eigenvalue weighted by molar-refractivity contribution is -0.385. The summed E-state index contributed by atoms with van der Waals surface area (Å²) in [6.45, 7) is -0.253. The zero-order valence-electron chi connectivity index (χ0n) is 14.7. The smallest absolute Gasteiger partial charge is 0.432 e. The molecule has 0 bridgehead atoms. The summed E-state index contributed by atoms with van der Waals surface area (Å²) in [5, 5.41) is 11.3. The predicted octanol–water partition coefficient (Wildman–Crippen LogP) is 5.60. The number of rotatable bonds is 5. The van der Waals surface area contributed by atoms with E-state index < -0.39 is 34.2 Å². The summed E-state index contributed by atoms with van der Waals surface area (Å²) in [6.07, 6.45) is -8.58. The number of imidazole rings is 1. The van der Waals surface area contributed by atoms with Crippen LogP contribution in [0.1, 0.15) is 16.8 Å². The van der Waals surface area contributed by atoms with Crippen LogP contribution in [0.2, 0.25) is 0 Å². The first kappa shape index (κ1) is 21.1. The molecule has 6 nitrogen and oxygen atoms in total. The van der Waals surface area contributed by atoms with E-state index in [1.165, 1.54) is 24.3 Å². The molecule has 0 aliphatic carbocycles. The highest BCUT2D eigenvalue weighted by molar-refractivity contribution is 5.64. The van der Waals surface area contributed by atoms with Gasteiger partial charge >= 0.3 is 18.0 Å². The highest BCUT2D eigenvalue weighted by Crippen LogP contribution is 2.34. The number of aromatic amines is 1. The molecule has 2 aromatic carbocycles. The highest BCUT2D eigenvalue weighted by atomic mass is 19.4. The van der Waals surface area contributed by atoms with Crippen LogP contribution in [0.3, 0.4) is 0 Å². The minimum atomic E-state index is -4.65. The van der Waals surface area contributed by atoms with E-state index in [2.05, 4.69) is 4.98 Å². The number of nitrogens with one attached hydrogen (secondary N) is 1. The third-order valence-electron chi connectivity index (χ3n) is 3.99. The van der Waals surface area contributed by atoms with Gasteiger partial charge < -0.3 is 9.72 Å². The average Bonchev–Trinajstić information content (AvgIpc) is 3.16. The van der Waals surface area contributed by atoms with E-state index in [9.17, 15) is 36.5 Å². The Balaban J connectivity index is 1.80. The molecule has 12 heteroatoms. The van der Waals surface area contributed by atoms with Crippen molar-refractivity contribution in [2.24, 2.45) is 0 Å². The first-order valence-electron chi connectivity index (χ1n) is 8.15. The molecule has 0 unspecified atom stereocenters. The van der Waals surface area contributed by atoms with Crippen LogP contribution in [0.25, 0.3) is 11.4 Å². The van der Waals surface area contributed by atoms with Gasteiger partial charge in [0.15, 0.2) is 5.75 Å². The van der Waals surface area contributed by atoms with Crippen LogP contribution in [-0.2, 0) is 19.0 Å². The second kappa shape index (κ2) is 7.69. The first-order chi connectivity index (χ1) is 13.9. The van der Waals surface area contributed by atoms with Gasteiger partial charge in [0.25, 0.3) is 0 Å². The second-order valence-corrected chi connectivity index (χ2v) is 6.07. The number of H-pyrrole nitrogens is 1. The number of benzene rings is 2. The number of ether oxygens (including phenoxy) is 1. The van der Waals surface area contributed by atoms with Gasteiger partial charge in [0.1, 0.15) is 18.1 Å². The fourth-order valence-corrected chi connectivity index (χ4v) is 2.49. The van der Waals surface area contributed by atoms with Crippen molar-refractivity contribution in [3.8, 4) is 17.1 Å². The van der Waals surface area contributed by atoms with Crippen LogP contribution in [0.15, 0.2) is 48.7 Å². The topological polar surface area (TPSA) is 81.0 Å². The summed E-state index contributed by atoms with van der Waals surface area (Å²) in [5.74, 6) is -0.425. The maximum Gasteiger partial charge on any atom is 0.432 e. The molecule has 0 fully saturated rings. The molecule has 0 spiro atoms. The minimum Gasteiger partial charge on any atom is -0.482 e. The Labute approximate surface area is 164 Å². The molecule has 1 N–H and O–H groups in total. The largest absolute Gasteiger partial charge is 0.482 e. The van der Waals surface area contributed by atoms with Crippen molar-refractivity contribution >= 4 is 5.69 Å². The molecule has 0 saturated carbocycles. The summed E-state index contributed by atoms with van der Waals surface area (Å²) in [5.41, 5.74) is -2.13. The molecule has 1 aromatic heterocycles. The molecule has 3 aromatic rings. The van der Waals surface area contributed by atoms with Crippen LogP contribution < -0.4 is 4.74 Å². The molecule has 3 rings (SSSR count). The van der Waals surface area contributed by atoms with E-state index in [0.717, 1.165) is 18.2 Å². The summed E-state index contributed by atoms with van der Waals surface area (Å²) >= 11 is 0. The quantitative estimate of drug-likeness (QED) is 0.324. The number of nitrogens with zero attached hydrogens (tertiary/aromatic N) is 2. The van der Waals surface area contributed by atoms with Gasteiger partial charge in [-0.1, -0.05) is 12.1 Å². The van der Waals surface area contributed by atoms with Crippen molar-refractivity contribution in [1.29, 1.82) is 0 Å². The molecule has 0 aliphatic rings. The van der Waals surface area contributed by atoms with E-state index in [1.807, 2.05) is 4.98 Å². The number of hydrogen-bond donors (Lipinski definition) is 1. The van der Waals surface area contributed by atoms with Crippen LogP contribution >= 0.6 is 0 Å². The molecule has 0 atom stereocenters. The maximum absolute atomic E-state index is 12.7. The van der Waals surface area contributed by atoms with Crippen molar-refractivity contribution in [3.63, 3.8) is 0 Å². The van der Waals surface area contributed by atoms with Gasteiger partial charge in [0.05, 0.1) is 16.7 Å². The van der Waals surface area contributed by atoms with Gasteiger partial charge in [-0.25, -0.2) is 4.98 Å². The second-order valence-electron chi connectivity index (χ2n) is 6.07. The van der Waals surface area contributed by atoms with E-state index in [-0.39, 0.29) is 23.7 Å². The summed E-state index contributed by atoms with van der Waals surface area (Å²) < 4.78 is 81.1. The van der Waals surface area contributed by atoms with Crippen LogP contribution in [0.5, 0.6) is 5.75 Å². The Kier molecular flexibility index (Phi) is 5.42. The predicted molar refractivity (Wildman–Crippen MR) is 91.5 cm³/mol. The van der Waals surface area contributed by atoms with Crippen molar-refractivity contribution in [3.05, 3.63) is 75.6 Å².